The van der Waals surface area contributed by atoms with Crippen molar-refractivity contribution < 1.29 is 9.53 Å². The Morgan fingerprint density at radius 1 is 1.26 bits per heavy atom. The van der Waals surface area contributed by atoms with E-state index in [0.29, 0.717) is 11.5 Å². The minimum absolute atomic E-state index is 0.136. The molecule has 23 heavy (non-hydrogen) atoms. The van der Waals surface area contributed by atoms with Gasteiger partial charge in [-0.05, 0) is 61.1 Å². The van der Waals surface area contributed by atoms with Crippen molar-refractivity contribution in [3.8, 4) is 5.75 Å². The highest BCUT2D eigenvalue weighted by Crippen LogP contribution is 2.52. The molecule has 1 heterocycles. The van der Waals surface area contributed by atoms with Gasteiger partial charge in [0.2, 0.25) is 0 Å². The summed E-state index contributed by atoms with van der Waals surface area (Å²) in [6, 6.07) is 6.51. The van der Waals surface area contributed by atoms with Gasteiger partial charge in [0.1, 0.15) is 5.75 Å². The number of carbonyl (C=O) groups excluding carboxylic acids is 1. The molecule has 1 aliphatic carbocycles. The summed E-state index contributed by atoms with van der Waals surface area (Å²) in [6.07, 6.45) is 3.46. The van der Waals surface area contributed by atoms with Gasteiger partial charge in [-0.2, -0.15) is 0 Å². The van der Waals surface area contributed by atoms with Crippen molar-refractivity contribution >= 4 is 5.91 Å². The number of rotatable bonds is 3. The topological polar surface area (TPSA) is 29.5 Å². The first kappa shape index (κ1) is 16.4. The summed E-state index contributed by atoms with van der Waals surface area (Å²) in [5, 5.41) is 0. The molecule has 2 atom stereocenters. The van der Waals surface area contributed by atoms with E-state index in [1.54, 1.807) is 0 Å². The van der Waals surface area contributed by atoms with Crippen molar-refractivity contribution in [2.45, 2.75) is 59.9 Å². The number of carbonyl (C=O) groups is 1. The maximum absolute atomic E-state index is 12.7. The SMILES string of the molecule is Cc1ccc(C)c(OCC(=O)N2CC3(C)CC2CC(C)(C)C3)c1. The van der Waals surface area contributed by atoms with Gasteiger partial charge in [0.05, 0.1) is 0 Å². The smallest absolute Gasteiger partial charge is 0.260 e. The third-order valence-electron chi connectivity index (χ3n) is 5.43. The molecule has 1 saturated heterocycles. The number of amides is 1. The second kappa shape index (κ2) is 5.54. The standard InChI is InChI=1S/C20H29NO2/c1-14-6-7-15(2)17(8-14)23-11-18(22)21-13-20(5)10-16(21)9-19(3,4)12-20/h6-8,16H,9-13H2,1-5H3. The summed E-state index contributed by atoms with van der Waals surface area (Å²) in [5.74, 6) is 0.962. The predicted molar refractivity (Wildman–Crippen MR) is 92.7 cm³/mol. The first-order valence-electron chi connectivity index (χ1n) is 8.67. The highest BCUT2D eigenvalue weighted by atomic mass is 16.5. The van der Waals surface area contributed by atoms with Crippen molar-refractivity contribution in [1.29, 1.82) is 0 Å². The number of fused-ring (bicyclic) bond motifs is 2. The maximum Gasteiger partial charge on any atom is 0.260 e. The Kier molecular flexibility index (Phi) is 3.94. The van der Waals surface area contributed by atoms with E-state index in [1.165, 1.54) is 6.42 Å². The Morgan fingerprint density at radius 3 is 2.74 bits per heavy atom. The predicted octanol–water partition coefficient (Wildman–Crippen LogP) is 4.11. The van der Waals surface area contributed by atoms with Crippen LogP contribution in [0.25, 0.3) is 0 Å². The van der Waals surface area contributed by atoms with E-state index in [9.17, 15) is 4.79 Å². The largest absolute Gasteiger partial charge is 0.483 e. The first-order chi connectivity index (χ1) is 10.7. The quantitative estimate of drug-likeness (QED) is 0.840. The van der Waals surface area contributed by atoms with Crippen LogP contribution in [0.3, 0.4) is 0 Å². The van der Waals surface area contributed by atoms with Crippen molar-refractivity contribution in [3.05, 3.63) is 29.3 Å². The average Bonchev–Trinajstić information content (AvgIpc) is 2.68. The molecular weight excluding hydrogens is 286 g/mol. The lowest BCUT2D eigenvalue weighted by Gasteiger charge is -2.39. The molecule has 1 amide bonds. The van der Waals surface area contributed by atoms with E-state index in [0.717, 1.165) is 36.3 Å². The average molecular weight is 315 g/mol. The summed E-state index contributed by atoms with van der Waals surface area (Å²) in [5.41, 5.74) is 2.85. The number of benzene rings is 1. The minimum Gasteiger partial charge on any atom is -0.483 e. The van der Waals surface area contributed by atoms with Crippen LogP contribution in [0.4, 0.5) is 0 Å². The van der Waals surface area contributed by atoms with E-state index < -0.39 is 0 Å². The molecule has 0 radical (unpaired) electrons. The summed E-state index contributed by atoms with van der Waals surface area (Å²) in [4.78, 5) is 14.8. The Hall–Kier alpha value is -1.51. The molecule has 3 nitrogen and oxygen atoms in total. The third kappa shape index (κ3) is 3.39. The number of aryl methyl sites for hydroxylation is 2. The molecule has 1 aromatic rings. The molecule has 0 N–H and O–H groups in total. The lowest BCUT2D eigenvalue weighted by molar-refractivity contribution is -0.134. The fraction of sp³-hybridized carbons (Fsp3) is 0.650. The van der Waals surface area contributed by atoms with Crippen LogP contribution in [-0.2, 0) is 4.79 Å². The zero-order valence-corrected chi connectivity index (χ0v) is 15.1. The van der Waals surface area contributed by atoms with Crippen LogP contribution >= 0.6 is 0 Å². The Balaban J connectivity index is 1.66. The first-order valence-corrected chi connectivity index (χ1v) is 8.67. The highest BCUT2D eigenvalue weighted by Gasteiger charge is 2.50. The van der Waals surface area contributed by atoms with Crippen LogP contribution in [0.15, 0.2) is 18.2 Å². The van der Waals surface area contributed by atoms with Gasteiger partial charge in [0.25, 0.3) is 5.91 Å². The fourth-order valence-corrected chi connectivity index (χ4v) is 4.84. The highest BCUT2D eigenvalue weighted by molar-refractivity contribution is 5.78. The van der Waals surface area contributed by atoms with Crippen molar-refractivity contribution in [2.24, 2.45) is 10.8 Å². The van der Waals surface area contributed by atoms with Gasteiger partial charge in [0, 0.05) is 12.6 Å². The molecular formula is C20H29NO2. The molecule has 1 saturated carbocycles. The van der Waals surface area contributed by atoms with Gasteiger partial charge in [-0.15, -0.1) is 0 Å². The van der Waals surface area contributed by atoms with Crippen LogP contribution < -0.4 is 4.74 Å². The Bertz CT molecular complexity index is 622. The van der Waals surface area contributed by atoms with E-state index in [2.05, 4.69) is 31.7 Å². The van der Waals surface area contributed by atoms with Gasteiger partial charge >= 0.3 is 0 Å². The van der Waals surface area contributed by atoms with Crippen molar-refractivity contribution in [1.82, 2.24) is 4.90 Å². The van der Waals surface area contributed by atoms with Crippen LogP contribution in [0, 0.1) is 24.7 Å². The Labute approximate surface area is 140 Å². The maximum atomic E-state index is 12.7. The van der Waals surface area contributed by atoms with Gasteiger partial charge in [-0.25, -0.2) is 0 Å². The van der Waals surface area contributed by atoms with E-state index in [-0.39, 0.29) is 17.9 Å². The molecule has 1 aliphatic heterocycles. The number of hydrogen-bond acceptors (Lipinski definition) is 2. The van der Waals surface area contributed by atoms with Crippen molar-refractivity contribution in [2.75, 3.05) is 13.2 Å². The summed E-state index contributed by atoms with van der Waals surface area (Å²) in [6.45, 7) is 12.1. The summed E-state index contributed by atoms with van der Waals surface area (Å²) >= 11 is 0. The molecule has 3 rings (SSSR count). The number of nitrogens with zero attached hydrogens (tertiary/aromatic N) is 1. The number of likely N-dealkylation sites (tertiary alicyclic amines) is 1. The van der Waals surface area contributed by atoms with Gasteiger partial charge < -0.3 is 9.64 Å². The molecule has 2 unspecified atom stereocenters. The molecule has 1 aromatic carbocycles. The van der Waals surface area contributed by atoms with Gasteiger partial charge in [-0.3, -0.25) is 4.79 Å². The van der Waals surface area contributed by atoms with E-state index in [4.69, 9.17) is 4.74 Å². The van der Waals surface area contributed by atoms with Crippen LogP contribution in [0.1, 0.15) is 51.2 Å². The molecule has 2 bridgehead atoms. The molecule has 0 spiro atoms. The second-order valence-corrected chi connectivity index (χ2v) is 8.79. The second-order valence-electron chi connectivity index (χ2n) is 8.79. The summed E-state index contributed by atoms with van der Waals surface area (Å²) in [7, 11) is 0. The van der Waals surface area contributed by atoms with Crippen LogP contribution in [-0.4, -0.2) is 30.0 Å². The van der Waals surface area contributed by atoms with Gasteiger partial charge in [-0.1, -0.05) is 32.9 Å². The molecule has 126 valence electrons. The number of ether oxygens (including phenoxy) is 1. The zero-order chi connectivity index (χ0) is 16.8. The van der Waals surface area contributed by atoms with E-state index >= 15 is 0 Å². The van der Waals surface area contributed by atoms with Gasteiger partial charge in [0.15, 0.2) is 6.61 Å². The Morgan fingerprint density at radius 2 is 2.00 bits per heavy atom. The zero-order valence-electron chi connectivity index (χ0n) is 15.1. The number of hydrogen-bond donors (Lipinski definition) is 0. The fourth-order valence-electron chi connectivity index (χ4n) is 4.84. The molecule has 3 heteroatoms. The van der Waals surface area contributed by atoms with Crippen LogP contribution in [0.5, 0.6) is 5.75 Å². The summed E-state index contributed by atoms with van der Waals surface area (Å²) < 4.78 is 5.83. The minimum atomic E-state index is 0.136. The third-order valence-corrected chi connectivity index (χ3v) is 5.43. The van der Waals surface area contributed by atoms with E-state index in [1.807, 2.05) is 26.0 Å². The molecule has 2 fully saturated rings. The lowest BCUT2D eigenvalue weighted by Crippen LogP contribution is -2.40. The molecule has 2 aliphatic rings. The monoisotopic (exact) mass is 315 g/mol. The normalized spacial score (nSPS) is 28.7. The van der Waals surface area contributed by atoms with Crippen molar-refractivity contribution in [3.63, 3.8) is 0 Å². The van der Waals surface area contributed by atoms with Crippen LogP contribution in [0.2, 0.25) is 0 Å². The molecule has 0 aromatic heterocycles. The lowest BCUT2D eigenvalue weighted by atomic mass is 9.65.